The Kier molecular flexibility index (Phi) is 9.47. The molecule has 0 saturated carbocycles. The minimum atomic E-state index is -0.568. The molecule has 0 aromatic heterocycles. The molecule has 0 saturated heterocycles. The highest BCUT2D eigenvalue weighted by atomic mass is 16.5. The number of hydrogen-bond acceptors (Lipinski definition) is 4. The highest BCUT2D eigenvalue weighted by Crippen LogP contribution is 2.19. The summed E-state index contributed by atoms with van der Waals surface area (Å²) in [6, 6.07) is 7.52. The van der Waals surface area contributed by atoms with E-state index < -0.39 is 5.41 Å². The number of amides is 1. The highest BCUT2D eigenvalue weighted by Gasteiger charge is 2.26. The summed E-state index contributed by atoms with van der Waals surface area (Å²) >= 11 is 0. The van der Waals surface area contributed by atoms with E-state index in [9.17, 15) is 4.79 Å². The van der Waals surface area contributed by atoms with E-state index in [1.165, 1.54) is 0 Å². The van der Waals surface area contributed by atoms with Crippen LogP contribution in [-0.4, -0.2) is 51.3 Å². The minimum Gasteiger partial charge on any atom is -0.497 e. The van der Waals surface area contributed by atoms with Crippen LogP contribution in [0.1, 0.15) is 34.6 Å². The van der Waals surface area contributed by atoms with Gasteiger partial charge in [-0.25, -0.2) is 0 Å². The molecule has 1 unspecified atom stereocenters. The van der Waals surface area contributed by atoms with Crippen LogP contribution >= 0.6 is 0 Å². The van der Waals surface area contributed by atoms with Crippen molar-refractivity contribution in [3.8, 4) is 11.5 Å². The van der Waals surface area contributed by atoms with Gasteiger partial charge in [0, 0.05) is 19.2 Å². The summed E-state index contributed by atoms with van der Waals surface area (Å²) in [5.41, 5.74) is -0.568. The van der Waals surface area contributed by atoms with E-state index >= 15 is 0 Å². The number of methoxy groups -OCH3 is 1. The van der Waals surface area contributed by atoms with Crippen LogP contribution in [0.2, 0.25) is 0 Å². The van der Waals surface area contributed by atoms with E-state index in [1.807, 2.05) is 58.9 Å². The lowest BCUT2D eigenvalue weighted by molar-refractivity contribution is -0.128. The predicted octanol–water partition coefficient (Wildman–Crippen LogP) is 2.18. The predicted molar refractivity (Wildman–Crippen MR) is 110 cm³/mol. The maximum atomic E-state index is 12.1. The van der Waals surface area contributed by atoms with Gasteiger partial charge in [0.05, 0.1) is 25.6 Å². The second-order valence-electron chi connectivity index (χ2n) is 6.93. The van der Waals surface area contributed by atoms with Gasteiger partial charge in [-0.3, -0.25) is 9.79 Å². The molecule has 0 aliphatic rings. The van der Waals surface area contributed by atoms with Crippen molar-refractivity contribution in [2.45, 2.75) is 40.7 Å². The molecular weight excluding hydrogens is 344 g/mol. The van der Waals surface area contributed by atoms with Gasteiger partial charge in [0.2, 0.25) is 5.91 Å². The van der Waals surface area contributed by atoms with E-state index in [0.717, 1.165) is 18.0 Å². The van der Waals surface area contributed by atoms with Crippen molar-refractivity contribution in [2.75, 3.05) is 33.3 Å². The highest BCUT2D eigenvalue weighted by molar-refractivity contribution is 5.83. The van der Waals surface area contributed by atoms with Crippen LogP contribution in [0.5, 0.6) is 11.5 Å². The average Bonchev–Trinajstić information content (AvgIpc) is 2.64. The number of rotatable bonds is 10. The topological polar surface area (TPSA) is 84.0 Å². The maximum absolute atomic E-state index is 12.1. The zero-order valence-electron chi connectivity index (χ0n) is 17.4. The molecule has 7 heteroatoms. The number of nitrogens with one attached hydrogen (secondary N) is 3. The zero-order valence-corrected chi connectivity index (χ0v) is 17.4. The van der Waals surface area contributed by atoms with Crippen molar-refractivity contribution in [1.82, 2.24) is 16.0 Å². The summed E-state index contributed by atoms with van der Waals surface area (Å²) in [5.74, 6) is 2.17. The van der Waals surface area contributed by atoms with Gasteiger partial charge in [-0.2, -0.15) is 0 Å². The molecule has 0 fully saturated rings. The molecular formula is C20H34N4O3. The molecule has 0 bridgehead atoms. The third-order valence-electron chi connectivity index (χ3n) is 3.86. The zero-order chi connectivity index (χ0) is 20.3. The molecule has 1 aromatic carbocycles. The molecule has 0 aliphatic carbocycles. The molecule has 0 aliphatic heterocycles. The number of ether oxygens (including phenoxy) is 2. The van der Waals surface area contributed by atoms with E-state index in [0.29, 0.717) is 25.6 Å². The van der Waals surface area contributed by atoms with Gasteiger partial charge in [0.1, 0.15) is 17.6 Å². The van der Waals surface area contributed by atoms with Crippen molar-refractivity contribution in [1.29, 1.82) is 0 Å². The molecule has 1 aromatic rings. The molecule has 7 nitrogen and oxygen atoms in total. The van der Waals surface area contributed by atoms with Crippen LogP contribution < -0.4 is 25.4 Å². The summed E-state index contributed by atoms with van der Waals surface area (Å²) in [7, 11) is 1.63. The van der Waals surface area contributed by atoms with Crippen molar-refractivity contribution in [3.63, 3.8) is 0 Å². The molecule has 0 radical (unpaired) electrons. The first-order chi connectivity index (χ1) is 12.8. The molecule has 0 heterocycles. The van der Waals surface area contributed by atoms with Crippen molar-refractivity contribution in [2.24, 2.45) is 10.4 Å². The second-order valence-corrected chi connectivity index (χ2v) is 6.93. The molecule has 152 valence electrons. The molecule has 27 heavy (non-hydrogen) atoms. The van der Waals surface area contributed by atoms with Crippen LogP contribution in [-0.2, 0) is 4.79 Å². The lowest BCUT2D eigenvalue weighted by Gasteiger charge is -2.22. The third-order valence-corrected chi connectivity index (χ3v) is 3.86. The van der Waals surface area contributed by atoms with Gasteiger partial charge in [-0.1, -0.05) is 6.07 Å². The number of guanidine groups is 1. The summed E-state index contributed by atoms with van der Waals surface area (Å²) in [5, 5.41) is 9.31. The summed E-state index contributed by atoms with van der Waals surface area (Å²) in [6.07, 6.45) is -0.0719. The fraction of sp³-hybridized carbons (Fsp3) is 0.600. The molecule has 1 atom stereocenters. The van der Waals surface area contributed by atoms with Crippen molar-refractivity contribution < 1.29 is 14.3 Å². The lowest BCUT2D eigenvalue weighted by Crippen LogP contribution is -2.44. The van der Waals surface area contributed by atoms with E-state index in [-0.39, 0.29) is 12.0 Å². The Morgan fingerprint density at radius 3 is 2.44 bits per heavy atom. The van der Waals surface area contributed by atoms with Gasteiger partial charge in [-0.05, 0) is 46.8 Å². The Hall–Kier alpha value is -2.44. The van der Waals surface area contributed by atoms with Gasteiger partial charge < -0.3 is 25.4 Å². The average molecular weight is 379 g/mol. The number of carbonyl (C=O) groups is 1. The smallest absolute Gasteiger partial charge is 0.227 e. The first-order valence-electron chi connectivity index (χ1n) is 9.43. The largest absolute Gasteiger partial charge is 0.497 e. The van der Waals surface area contributed by atoms with E-state index in [4.69, 9.17) is 9.47 Å². The van der Waals surface area contributed by atoms with Crippen LogP contribution in [0, 0.1) is 5.41 Å². The standard InChI is InChI=1S/C20H34N4O3/c1-7-21-18(25)20(4,5)14-24-19(22-8-2)23-13-15(3)27-17-11-9-10-16(12-17)26-6/h9-12,15H,7-8,13-14H2,1-6H3,(H,21,25)(H2,22,23,24). The summed E-state index contributed by atoms with van der Waals surface area (Å²) in [4.78, 5) is 16.7. The normalized spacial score (nSPS) is 12.9. The van der Waals surface area contributed by atoms with Crippen LogP contribution in [0.4, 0.5) is 0 Å². The minimum absolute atomic E-state index is 0.000625. The van der Waals surface area contributed by atoms with Gasteiger partial charge in [0.15, 0.2) is 5.96 Å². The quantitative estimate of drug-likeness (QED) is 0.429. The monoisotopic (exact) mass is 378 g/mol. The number of benzene rings is 1. The Labute approximate surface area is 162 Å². The summed E-state index contributed by atoms with van der Waals surface area (Å²) in [6.45, 7) is 12.0. The van der Waals surface area contributed by atoms with Crippen LogP contribution in [0.15, 0.2) is 29.3 Å². The van der Waals surface area contributed by atoms with Gasteiger partial charge in [-0.15, -0.1) is 0 Å². The fourth-order valence-corrected chi connectivity index (χ4v) is 2.28. The first kappa shape index (κ1) is 22.6. The first-order valence-corrected chi connectivity index (χ1v) is 9.43. The SMILES string of the molecule is CCNC(=O)C(C)(C)CN=C(NCC)NCC(C)Oc1cccc(OC)c1. The van der Waals surface area contributed by atoms with Crippen LogP contribution in [0.25, 0.3) is 0 Å². The van der Waals surface area contributed by atoms with Gasteiger partial charge >= 0.3 is 0 Å². The van der Waals surface area contributed by atoms with Crippen molar-refractivity contribution in [3.05, 3.63) is 24.3 Å². The lowest BCUT2D eigenvalue weighted by atomic mass is 9.92. The Bertz CT molecular complexity index is 617. The van der Waals surface area contributed by atoms with Crippen molar-refractivity contribution >= 4 is 11.9 Å². The molecule has 0 spiro atoms. The number of hydrogen-bond donors (Lipinski definition) is 3. The second kappa shape index (κ2) is 11.3. The molecule has 3 N–H and O–H groups in total. The fourth-order valence-electron chi connectivity index (χ4n) is 2.28. The Balaban J connectivity index is 2.61. The van der Waals surface area contributed by atoms with E-state index in [1.54, 1.807) is 7.11 Å². The molecule has 1 rings (SSSR count). The van der Waals surface area contributed by atoms with E-state index in [2.05, 4.69) is 20.9 Å². The third kappa shape index (κ3) is 8.19. The molecule has 1 amide bonds. The number of nitrogens with zero attached hydrogens (tertiary/aromatic N) is 1. The Morgan fingerprint density at radius 1 is 1.15 bits per heavy atom. The Morgan fingerprint density at radius 2 is 1.81 bits per heavy atom. The van der Waals surface area contributed by atoms with Crippen LogP contribution in [0.3, 0.4) is 0 Å². The maximum Gasteiger partial charge on any atom is 0.227 e. The number of carbonyl (C=O) groups excluding carboxylic acids is 1. The van der Waals surface area contributed by atoms with Gasteiger partial charge in [0.25, 0.3) is 0 Å². The summed E-state index contributed by atoms with van der Waals surface area (Å²) < 4.78 is 11.1. The number of aliphatic imine (C=N–C) groups is 1.